The highest BCUT2D eigenvalue weighted by Gasteiger charge is 2.48. The van der Waals surface area contributed by atoms with Crippen LogP contribution < -0.4 is 21.1 Å². The number of ether oxygens (including phenoxy) is 1. The molecule has 3 atom stereocenters. The Morgan fingerprint density at radius 2 is 1.97 bits per heavy atom. The van der Waals surface area contributed by atoms with E-state index in [1.165, 1.54) is 29.3 Å². The van der Waals surface area contributed by atoms with Gasteiger partial charge in [0.2, 0.25) is 11.8 Å². The van der Waals surface area contributed by atoms with Crippen LogP contribution in [0.15, 0.2) is 36.1 Å². The van der Waals surface area contributed by atoms with Crippen LogP contribution in [0, 0.1) is 6.92 Å². The fourth-order valence-corrected chi connectivity index (χ4v) is 4.66. The van der Waals surface area contributed by atoms with Gasteiger partial charge in [0.1, 0.15) is 5.69 Å². The number of aryl methyl sites for hydroxylation is 1. The minimum atomic E-state index is -2.61. The number of fused-ring (bicyclic) bond motifs is 2. The summed E-state index contributed by atoms with van der Waals surface area (Å²) < 4.78 is 27.6. The van der Waals surface area contributed by atoms with Gasteiger partial charge in [0.15, 0.2) is 22.2 Å². The van der Waals surface area contributed by atoms with E-state index < -0.39 is 46.3 Å². The number of rotatable bonds is 4. The first-order chi connectivity index (χ1) is 14.5. The van der Waals surface area contributed by atoms with Gasteiger partial charge in [0.25, 0.3) is 5.91 Å². The van der Waals surface area contributed by atoms with Crippen molar-refractivity contribution in [3.05, 3.63) is 47.2 Å². The topological polar surface area (TPSA) is 173 Å². The maximum absolute atomic E-state index is 13.4. The van der Waals surface area contributed by atoms with E-state index in [0.29, 0.717) is 11.1 Å². The second kappa shape index (κ2) is 8.32. The Kier molecular flexibility index (Phi) is 5.95. The molecule has 0 saturated carbocycles. The molecule has 0 fully saturated rings. The Morgan fingerprint density at radius 3 is 2.52 bits per heavy atom. The van der Waals surface area contributed by atoms with Crippen LogP contribution in [0.5, 0.6) is 5.75 Å². The highest BCUT2D eigenvalue weighted by Crippen LogP contribution is 2.43. The van der Waals surface area contributed by atoms with Crippen LogP contribution in [-0.2, 0) is 20.7 Å². The van der Waals surface area contributed by atoms with Crippen molar-refractivity contribution in [1.29, 1.82) is 0 Å². The molecule has 5 N–H and O–H groups in total. The van der Waals surface area contributed by atoms with E-state index in [-0.39, 0.29) is 23.4 Å². The number of hydrogen-bond donors (Lipinski definition) is 3. The maximum atomic E-state index is 13.4. The minimum Gasteiger partial charge on any atom is -0.408 e. The van der Waals surface area contributed by atoms with Crippen molar-refractivity contribution in [2.45, 2.75) is 31.7 Å². The number of primary amides is 2. The van der Waals surface area contributed by atoms with Crippen LogP contribution in [0.1, 0.15) is 29.3 Å². The molecule has 1 aromatic carbocycles. The highest BCUT2D eigenvalue weighted by atomic mass is 32.2. The van der Waals surface area contributed by atoms with Gasteiger partial charge in [0, 0.05) is 19.2 Å². The van der Waals surface area contributed by atoms with Crippen LogP contribution in [0.2, 0.25) is 0 Å². The predicted molar refractivity (Wildman–Crippen MR) is 110 cm³/mol. The maximum Gasteiger partial charge on any atom is 0.410 e. The summed E-state index contributed by atoms with van der Waals surface area (Å²) in [5, 5.41) is -1.39. The summed E-state index contributed by atoms with van der Waals surface area (Å²) in [6.45, 7) is 2.74. The molecule has 0 aromatic heterocycles. The van der Waals surface area contributed by atoms with Crippen molar-refractivity contribution in [3.8, 4) is 5.75 Å². The normalized spacial score (nSPS) is 21.3. The lowest BCUT2D eigenvalue weighted by atomic mass is 10.1. The zero-order valence-electron chi connectivity index (χ0n) is 16.6. The number of anilines is 1. The molecule has 0 aliphatic carbocycles. The molecule has 2 aliphatic heterocycles. The Hall–Kier alpha value is -3.51. The van der Waals surface area contributed by atoms with Gasteiger partial charge in [-0.05, 0) is 30.5 Å². The van der Waals surface area contributed by atoms with Gasteiger partial charge in [-0.25, -0.2) is 9.00 Å². The molecule has 2 heterocycles. The summed E-state index contributed by atoms with van der Waals surface area (Å²) in [5.74, 6) is -2.08. The Bertz CT molecular complexity index is 1080. The number of nitrogens with zero attached hydrogens (tertiary/aromatic N) is 2. The summed E-state index contributed by atoms with van der Waals surface area (Å²) in [7, 11) is 0. The quantitative estimate of drug-likeness (QED) is 0.444. The number of hydrogen-bond acceptors (Lipinski definition) is 6. The highest BCUT2D eigenvalue weighted by molar-refractivity contribution is 7.80. The summed E-state index contributed by atoms with van der Waals surface area (Å²) in [4.78, 5) is 50.8. The largest absolute Gasteiger partial charge is 0.410 e. The van der Waals surface area contributed by atoms with Gasteiger partial charge in [0.05, 0.1) is 11.6 Å². The average Bonchev–Trinajstić information content (AvgIpc) is 3.04. The first-order valence-electron chi connectivity index (χ1n) is 9.04. The van der Waals surface area contributed by atoms with Crippen LogP contribution >= 0.6 is 0 Å². The number of nitrogens with two attached hydrogens (primary N) is 2. The first kappa shape index (κ1) is 22.2. The standard InChI is InChI=1S/C19H20N4O7S/c1-9-3-5-12-15(16(9)30-19(21)27)23(10(2)24)18(31(28)29)13-7-11(4-6-14(20)25)8-22(13)17(12)26/h3-6,8,13,18H,7H2,1-2H3,(H2,20,25)(H2,21,27)(H,28,29)/b6-4+. The van der Waals surface area contributed by atoms with Crippen LogP contribution in [0.3, 0.4) is 0 Å². The van der Waals surface area contributed by atoms with Crippen molar-refractivity contribution in [2.24, 2.45) is 11.5 Å². The molecule has 0 spiro atoms. The van der Waals surface area contributed by atoms with Crippen LogP contribution in [0.25, 0.3) is 0 Å². The second-order valence-electron chi connectivity index (χ2n) is 7.01. The number of carbonyl (C=O) groups excluding carboxylic acids is 4. The monoisotopic (exact) mass is 448 g/mol. The van der Waals surface area contributed by atoms with Gasteiger partial charge < -0.3 is 25.7 Å². The van der Waals surface area contributed by atoms with Crippen molar-refractivity contribution in [1.82, 2.24) is 4.90 Å². The van der Waals surface area contributed by atoms with E-state index in [9.17, 15) is 27.9 Å². The molecular weight excluding hydrogens is 428 g/mol. The van der Waals surface area contributed by atoms with Crippen molar-refractivity contribution in [2.75, 3.05) is 4.90 Å². The fourth-order valence-electron chi connectivity index (χ4n) is 3.73. The lowest BCUT2D eigenvalue weighted by Gasteiger charge is -2.33. The van der Waals surface area contributed by atoms with Crippen LogP contribution in [0.4, 0.5) is 10.5 Å². The Morgan fingerprint density at radius 1 is 1.29 bits per heavy atom. The van der Waals surface area contributed by atoms with Crippen LogP contribution in [-0.4, -0.2) is 48.9 Å². The lowest BCUT2D eigenvalue weighted by molar-refractivity contribution is -0.117. The van der Waals surface area contributed by atoms with E-state index in [1.807, 2.05) is 0 Å². The fraction of sp³-hybridized carbons (Fsp3) is 0.263. The smallest absolute Gasteiger partial charge is 0.408 e. The molecule has 11 nitrogen and oxygen atoms in total. The molecule has 12 heteroatoms. The van der Waals surface area contributed by atoms with Gasteiger partial charge in [-0.2, -0.15) is 0 Å². The van der Waals surface area contributed by atoms with E-state index in [1.54, 1.807) is 6.92 Å². The van der Waals surface area contributed by atoms with E-state index in [2.05, 4.69) is 0 Å². The Labute approximate surface area is 179 Å². The summed E-state index contributed by atoms with van der Waals surface area (Å²) in [5.41, 5.74) is 11.0. The Balaban J connectivity index is 2.28. The molecule has 0 saturated heterocycles. The van der Waals surface area contributed by atoms with E-state index >= 15 is 0 Å². The number of allylic oxidation sites excluding steroid dienone is 1. The number of amides is 4. The molecule has 2 aliphatic rings. The molecule has 3 unspecified atom stereocenters. The van der Waals surface area contributed by atoms with Gasteiger partial charge in [-0.15, -0.1) is 0 Å². The van der Waals surface area contributed by atoms with Crippen molar-refractivity contribution >= 4 is 40.6 Å². The SMILES string of the molecule is CC(=O)N1c2c(ccc(C)c2OC(N)=O)C(=O)N2C=C(/C=C/C(N)=O)CC2C1S(=O)O. The first-order valence-corrected chi connectivity index (χ1v) is 10.2. The predicted octanol–water partition coefficient (Wildman–Crippen LogP) is 0.507. The van der Waals surface area contributed by atoms with E-state index in [0.717, 1.165) is 17.9 Å². The number of benzene rings is 1. The molecule has 0 bridgehead atoms. The number of carbonyl (C=O) groups is 4. The average molecular weight is 448 g/mol. The molecule has 164 valence electrons. The molecular formula is C19H20N4O7S. The van der Waals surface area contributed by atoms with Gasteiger partial charge in [-0.3, -0.25) is 19.3 Å². The van der Waals surface area contributed by atoms with Gasteiger partial charge in [-0.1, -0.05) is 12.1 Å². The van der Waals surface area contributed by atoms with Crippen molar-refractivity contribution in [3.63, 3.8) is 0 Å². The molecule has 31 heavy (non-hydrogen) atoms. The zero-order chi connectivity index (χ0) is 23.0. The molecule has 3 rings (SSSR count). The summed E-state index contributed by atoms with van der Waals surface area (Å²) >= 11 is -2.61. The summed E-state index contributed by atoms with van der Waals surface area (Å²) in [6.07, 6.45) is 2.84. The third kappa shape index (κ3) is 4.07. The second-order valence-corrected chi connectivity index (χ2v) is 8.04. The third-order valence-electron chi connectivity index (χ3n) is 4.94. The minimum absolute atomic E-state index is 0.0219. The molecule has 0 radical (unpaired) electrons. The van der Waals surface area contributed by atoms with Gasteiger partial charge >= 0.3 is 6.09 Å². The zero-order valence-corrected chi connectivity index (χ0v) is 17.4. The molecule has 4 amide bonds. The summed E-state index contributed by atoms with van der Waals surface area (Å²) in [6, 6.07) is 2.01. The third-order valence-corrected chi connectivity index (χ3v) is 5.87. The molecule has 1 aromatic rings. The van der Waals surface area contributed by atoms with Crippen molar-refractivity contribution < 1.29 is 32.7 Å². The lowest BCUT2D eigenvalue weighted by Crippen LogP contribution is -2.52. The van der Waals surface area contributed by atoms with E-state index in [4.69, 9.17) is 16.2 Å².